The molecule has 1 aromatic heterocycles. The smallest absolute Gasteiger partial charge is 0.215 e. The molecule has 0 aliphatic carbocycles. The first kappa shape index (κ1) is 29.2. The number of rotatable bonds is 11. The average molecular weight is 595 g/mol. The molecule has 1 fully saturated rings. The van der Waals surface area contributed by atoms with Crippen molar-refractivity contribution in [2.75, 3.05) is 26.8 Å². The lowest BCUT2D eigenvalue weighted by atomic mass is 10.0. The van der Waals surface area contributed by atoms with E-state index in [0.717, 1.165) is 24.4 Å². The Morgan fingerprint density at radius 3 is 2.66 bits per heavy atom. The number of hydrogen-bond acceptors (Lipinski definition) is 6. The topological polar surface area (TPSA) is 69.0 Å². The van der Waals surface area contributed by atoms with E-state index in [2.05, 4.69) is 41.2 Å². The van der Waals surface area contributed by atoms with Gasteiger partial charge in [0.1, 0.15) is 18.1 Å². The van der Waals surface area contributed by atoms with Crippen molar-refractivity contribution in [3.63, 3.8) is 0 Å². The van der Waals surface area contributed by atoms with E-state index in [9.17, 15) is 5.11 Å². The highest BCUT2D eigenvalue weighted by atomic mass is 35.5. The molecule has 5 rings (SSSR count). The molecule has 1 N–H and O–H groups in total. The summed E-state index contributed by atoms with van der Waals surface area (Å²) in [5, 5.41) is 10.4. The van der Waals surface area contributed by atoms with E-state index in [4.69, 9.17) is 37.4 Å². The third-order valence-electron chi connectivity index (χ3n) is 6.86. The lowest BCUT2D eigenvalue weighted by molar-refractivity contribution is -0.312. The van der Waals surface area contributed by atoms with Gasteiger partial charge in [-0.3, -0.25) is 4.90 Å². The number of phenolic OH excluding ortho intramolecular Hbond substituents is 1. The molecule has 0 spiro atoms. The summed E-state index contributed by atoms with van der Waals surface area (Å²) in [5.74, 6) is -0.0446. The quantitative estimate of drug-likeness (QED) is 0.207. The number of phenols is 1. The van der Waals surface area contributed by atoms with Crippen LogP contribution in [0.2, 0.25) is 10.0 Å². The zero-order valence-corrected chi connectivity index (χ0v) is 24.3. The van der Waals surface area contributed by atoms with Gasteiger partial charge in [0.2, 0.25) is 5.79 Å². The summed E-state index contributed by atoms with van der Waals surface area (Å²) in [6.07, 6.45) is 9.96. The summed E-state index contributed by atoms with van der Waals surface area (Å²) in [6.45, 7) is 2.87. The largest absolute Gasteiger partial charge is 0.508 e. The van der Waals surface area contributed by atoms with Crippen molar-refractivity contribution in [1.29, 1.82) is 0 Å². The zero-order chi connectivity index (χ0) is 28.7. The van der Waals surface area contributed by atoms with Crippen LogP contribution in [0, 0.1) is 0 Å². The van der Waals surface area contributed by atoms with E-state index in [-0.39, 0.29) is 11.9 Å². The number of likely N-dealkylation sites (N-methyl/N-ethyl adjacent to an activating group) is 1. The first-order valence-corrected chi connectivity index (χ1v) is 14.2. The van der Waals surface area contributed by atoms with Crippen molar-refractivity contribution in [2.24, 2.45) is 0 Å². The van der Waals surface area contributed by atoms with Gasteiger partial charge >= 0.3 is 0 Å². The predicted molar refractivity (Wildman–Crippen MR) is 161 cm³/mol. The monoisotopic (exact) mass is 593 g/mol. The maximum absolute atomic E-state index is 9.41. The van der Waals surface area contributed by atoms with Gasteiger partial charge in [0.15, 0.2) is 0 Å². The fraction of sp³-hybridized carbons (Fsp3) is 0.281. The third-order valence-corrected chi connectivity index (χ3v) is 7.40. The molecule has 2 atom stereocenters. The van der Waals surface area contributed by atoms with Crippen LogP contribution in [-0.2, 0) is 28.4 Å². The Hall–Kier alpha value is -3.33. The fourth-order valence-corrected chi connectivity index (χ4v) is 5.33. The van der Waals surface area contributed by atoms with Gasteiger partial charge in [0, 0.05) is 42.5 Å². The molecule has 0 amide bonds. The number of ether oxygens (including phenoxy) is 3. The van der Waals surface area contributed by atoms with E-state index in [1.165, 1.54) is 5.56 Å². The first-order chi connectivity index (χ1) is 19.9. The van der Waals surface area contributed by atoms with Crippen LogP contribution in [-0.4, -0.2) is 52.5 Å². The molecule has 9 heteroatoms. The van der Waals surface area contributed by atoms with Crippen LogP contribution in [0.4, 0.5) is 0 Å². The SMILES string of the molecule is CN(C/C=C/c1ccc(O)cc1)Cc1ccc(OC[C@@H]2CCO[C@@](Cn3ccnc3)(c3ccc(Cl)cc3Cl)O2)cc1. The zero-order valence-electron chi connectivity index (χ0n) is 22.8. The Morgan fingerprint density at radius 1 is 1.12 bits per heavy atom. The maximum atomic E-state index is 9.41. The highest BCUT2D eigenvalue weighted by molar-refractivity contribution is 6.35. The Morgan fingerprint density at radius 2 is 1.93 bits per heavy atom. The highest BCUT2D eigenvalue weighted by Crippen LogP contribution is 2.40. The minimum atomic E-state index is -1.10. The Labute approximate surface area is 250 Å². The van der Waals surface area contributed by atoms with Crippen molar-refractivity contribution in [3.05, 3.63) is 118 Å². The molecule has 0 radical (unpaired) electrons. The molecular weight excluding hydrogens is 561 g/mol. The van der Waals surface area contributed by atoms with Crippen LogP contribution in [0.1, 0.15) is 23.1 Å². The molecule has 0 saturated carbocycles. The van der Waals surface area contributed by atoms with Gasteiger partial charge in [-0.1, -0.05) is 65.7 Å². The number of hydrogen-bond donors (Lipinski definition) is 1. The third kappa shape index (κ3) is 7.91. The van der Waals surface area contributed by atoms with Gasteiger partial charge in [-0.2, -0.15) is 0 Å². The fourth-order valence-electron chi connectivity index (χ4n) is 4.77. The van der Waals surface area contributed by atoms with Gasteiger partial charge in [-0.05, 0) is 54.6 Å². The lowest BCUT2D eigenvalue weighted by Crippen LogP contribution is -2.47. The molecule has 4 aromatic rings. The molecule has 0 unspecified atom stereocenters. The first-order valence-electron chi connectivity index (χ1n) is 13.5. The Kier molecular flexibility index (Phi) is 9.64. The minimum absolute atomic E-state index is 0.204. The van der Waals surface area contributed by atoms with E-state index in [0.29, 0.717) is 41.8 Å². The number of halogens is 2. The van der Waals surface area contributed by atoms with Crippen LogP contribution in [0.5, 0.6) is 11.5 Å². The second kappa shape index (κ2) is 13.6. The van der Waals surface area contributed by atoms with Gasteiger partial charge in [-0.25, -0.2) is 4.98 Å². The van der Waals surface area contributed by atoms with E-state index < -0.39 is 5.79 Å². The summed E-state index contributed by atoms with van der Waals surface area (Å²) in [5.41, 5.74) is 2.96. The molecule has 2 heterocycles. The molecule has 1 aliphatic heterocycles. The van der Waals surface area contributed by atoms with Gasteiger partial charge in [-0.15, -0.1) is 0 Å². The average Bonchev–Trinajstić information content (AvgIpc) is 3.46. The number of imidazole rings is 1. The van der Waals surface area contributed by atoms with Crippen LogP contribution in [0.3, 0.4) is 0 Å². The number of nitrogens with zero attached hydrogens (tertiary/aromatic N) is 3. The molecular formula is C32H33Cl2N3O4. The van der Waals surface area contributed by atoms with E-state index in [1.807, 2.05) is 41.1 Å². The summed E-state index contributed by atoms with van der Waals surface area (Å²) >= 11 is 12.8. The summed E-state index contributed by atoms with van der Waals surface area (Å²) in [7, 11) is 2.08. The van der Waals surface area contributed by atoms with Gasteiger partial charge in [0.05, 0.1) is 30.6 Å². The van der Waals surface area contributed by atoms with Crippen molar-refractivity contribution < 1.29 is 19.3 Å². The van der Waals surface area contributed by atoms with E-state index >= 15 is 0 Å². The van der Waals surface area contributed by atoms with Gasteiger partial charge in [0.25, 0.3) is 0 Å². The van der Waals surface area contributed by atoms with Crippen molar-refractivity contribution in [3.8, 4) is 11.5 Å². The second-order valence-electron chi connectivity index (χ2n) is 10.1. The van der Waals surface area contributed by atoms with Crippen molar-refractivity contribution >= 4 is 29.3 Å². The summed E-state index contributed by atoms with van der Waals surface area (Å²) < 4.78 is 20.9. The number of aromatic nitrogens is 2. The van der Waals surface area contributed by atoms with Crippen molar-refractivity contribution in [1.82, 2.24) is 14.5 Å². The van der Waals surface area contributed by atoms with E-state index in [1.54, 1.807) is 36.8 Å². The van der Waals surface area contributed by atoms with Gasteiger partial charge < -0.3 is 23.9 Å². The van der Waals surface area contributed by atoms with Crippen LogP contribution in [0.15, 0.2) is 91.5 Å². The van der Waals surface area contributed by atoms with Crippen LogP contribution >= 0.6 is 23.2 Å². The number of aromatic hydroxyl groups is 1. The van der Waals surface area contributed by atoms with Crippen molar-refractivity contribution in [2.45, 2.75) is 31.4 Å². The standard InChI is InChI=1S/C32H33Cl2N3O4/c1-36(16-2-3-24-4-9-27(38)10-5-24)20-25-6-11-28(12-7-25)39-21-29-14-18-40-32(41-29,22-37-17-15-35-23-37)30-13-8-26(33)19-31(30)34/h2-13,15,17,19,23,29,38H,14,16,18,20-22H2,1H3/b3-2+/t29-,32+/m0/s1. The summed E-state index contributed by atoms with van der Waals surface area (Å²) in [4.78, 5) is 6.38. The van der Waals surface area contributed by atoms with Crippen LogP contribution in [0.25, 0.3) is 6.08 Å². The molecule has 3 aromatic carbocycles. The molecule has 7 nitrogen and oxygen atoms in total. The molecule has 214 valence electrons. The molecule has 41 heavy (non-hydrogen) atoms. The Bertz CT molecular complexity index is 1430. The van der Waals surface area contributed by atoms with Crippen LogP contribution < -0.4 is 4.74 Å². The highest BCUT2D eigenvalue weighted by Gasteiger charge is 2.42. The lowest BCUT2D eigenvalue weighted by Gasteiger charge is -2.41. The Balaban J connectivity index is 1.17. The minimum Gasteiger partial charge on any atom is -0.508 e. The second-order valence-corrected chi connectivity index (χ2v) is 11.0. The number of benzene rings is 3. The molecule has 1 aliphatic rings. The molecule has 1 saturated heterocycles. The normalized spacial score (nSPS) is 19.2. The maximum Gasteiger partial charge on any atom is 0.215 e. The molecule has 0 bridgehead atoms. The predicted octanol–water partition coefficient (Wildman–Crippen LogP) is 6.78. The summed E-state index contributed by atoms with van der Waals surface area (Å²) in [6, 6.07) is 20.6.